The van der Waals surface area contributed by atoms with Crippen LogP contribution in [0.4, 0.5) is 5.82 Å². The number of benzene rings is 2. The number of nitrogens with zero attached hydrogens (tertiary/aromatic N) is 4. The van der Waals surface area contributed by atoms with E-state index in [0.717, 1.165) is 34.3 Å². The van der Waals surface area contributed by atoms with Gasteiger partial charge in [0.2, 0.25) is 11.7 Å². The molecule has 0 aliphatic carbocycles. The molecule has 0 radical (unpaired) electrons. The molecular weight excluding hydrogens is 338 g/mol. The first kappa shape index (κ1) is 17.1. The second-order valence-electron chi connectivity index (χ2n) is 6.65. The molecule has 6 nitrogen and oxygen atoms in total. The van der Waals surface area contributed by atoms with Crippen molar-refractivity contribution < 1.29 is 4.42 Å². The number of anilines is 1. The summed E-state index contributed by atoms with van der Waals surface area (Å²) in [5.41, 5.74) is 2.85. The molecule has 27 heavy (non-hydrogen) atoms. The van der Waals surface area contributed by atoms with Gasteiger partial charge >= 0.3 is 0 Å². The summed E-state index contributed by atoms with van der Waals surface area (Å²) in [6, 6.07) is 16.1. The topological polar surface area (TPSA) is 76.7 Å². The molecule has 2 aromatic heterocycles. The molecule has 4 aromatic rings. The standard InChI is InChI=1S/C21H21N5O/c1-4-14(3)22-18-16-10-5-6-11-17(16)23-19(24-18)21-26-25-20(27-21)15-9-7-8-13(2)12-15/h5-12,14H,4H2,1-3H3,(H,22,23,24). The van der Waals surface area contributed by atoms with Gasteiger partial charge in [0.25, 0.3) is 5.89 Å². The Morgan fingerprint density at radius 2 is 1.81 bits per heavy atom. The molecule has 0 amide bonds. The van der Waals surface area contributed by atoms with Crippen LogP contribution in [0.2, 0.25) is 0 Å². The van der Waals surface area contributed by atoms with Gasteiger partial charge in [-0.05, 0) is 44.5 Å². The van der Waals surface area contributed by atoms with Crippen LogP contribution in [-0.2, 0) is 0 Å². The number of para-hydroxylation sites is 1. The zero-order chi connectivity index (χ0) is 18.8. The van der Waals surface area contributed by atoms with Crippen molar-refractivity contribution in [1.29, 1.82) is 0 Å². The number of aryl methyl sites for hydroxylation is 1. The lowest BCUT2D eigenvalue weighted by atomic mass is 10.1. The zero-order valence-electron chi connectivity index (χ0n) is 15.6. The number of hydrogen-bond donors (Lipinski definition) is 1. The fraction of sp³-hybridized carbons (Fsp3) is 0.238. The van der Waals surface area contributed by atoms with Crippen LogP contribution in [0.3, 0.4) is 0 Å². The van der Waals surface area contributed by atoms with Gasteiger partial charge in [0.05, 0.1) is 5.52 Å². The van der Waals surface area contributed by atoms with Gasteiger partial charge in [-0.15, -0.1) is 10.2 Å². The highest BCUT2D eigenvalue weighted by Gasteiger charge is 2.16. The van der Waals surface area contributed by atoms with Crippen LogP contribution in [0.25, 0.3) is 34.1 Å². The molecule has 0 aliphatic heterocycles. The number of hydrogen-bond acceptors (Lipinski definition) is 6. The quantitative estimate of drug-likeness (QED) is 0.548. The summed E-state index contributed by atoms with van der Waals surface area (Å²) >= 11 is 0. The van der Waals surface area contributed by atoms with Crippen molar-refractivity contribution in [2.45, 2.75) is 33.2 Å². The molecule has 1 N–H and O–H groups in total. The molecule has 6 heteroatoms. The maximum atomic E-state index is 5.87. The number of rotatable bonds is 5. The molecule has 0 bridgehead atoms. The van der Waals surface area contributed by atoms with E-state index in [1.807, 2.05) is 55.5 Å². The van der Waals surface area contributed by atoms with Crippen molar-refractivity contribution in [3.8, 4) is 23.2 Å². The van der Waals surface area contributed by atoms with Crippen molar-refractivity contribution >= 4 is 16.7 Å². The third-order valence-corrected chi connectivity index (χ3v) is 4.48. The van der Waals surface area contributed by atoms with E-state index in [1.54, 1.807) is 0 Å². The van der Waals surface area contributed by atoms with E-state index < -0.39 is 0 Å². The summed E-state index contributed by atoms with van der Waals surface area (Å²) < 4.78 is 5.87. The van der Waals surface area contributed by atoms with Gasteiger partial charge in [0.15, 0.2) is 0 Å². The van der Waals surface area contributed by atoms with E-state index in [-0.39, 0.29) is 0 Å². The molecule has 2 heterocycles. The molecule has 0 aliphatic rings. The van der Waals surface area contributed by atoms with Gasteiger partial charge in [0, 0.05) is 17.0 Å². The number of nitrogens with one attached hydrogen (secondary N) is 1. The van der Waals surface area contributed by atoms with Crippen LogP contribution in [0.15, 0.2) is 52.9 Å². The Morgan fingerprint density at radius 3 is 2.63 bits per heavy atom. The van der Waals surface area contributed by atoms with Crippen LogP contribution in [-0.4, -0.2) is 26.2 Å². The van der Waals surface area contributed by atoms with Gasteiger partial charge in [0.1, 0.15) is 5.82 Å². The highest BCUT2D eigenvalue weighted by molar-refractivity contribution is 5.90. The number of fused-ring (bicyclic) bond motifs is 1. The third-order valence-electron chi connectivity index (χ3n) is 4.48. The second kappa shape index (κ2) is 7.15. The summed E-state index contributed by atoms with van der Waals surface area (Å²) in [7, 11) is 0. The summed E-state index contributed by atoms with van der Waals surface area (Å²) in [5.74, 6) is 1.97. The Balaban J connectivity index is 1.78. The van der Waals surface area contributed by atoms with Gasteiger partial charge in [-0.3, -0.25) is 0 Å². The molecule has 1 atom stereocenters. The molecule has 4 rings (SSSR count). The van der Waals surface area contributed by atoms with Gasteiger partial charge in [-0.2, -0.15) is 0 Å². The average molecular weight is 359 g/mol. The van der Waals surface area contributed by atoms with Crippen LogP contribution in [0.1, 0.15) is 25.8 Å². The van der Waals surface area contributed by atoms with Crippen LogP contribution in [0, 0.1) is 6.92 Å². The van der Waals surface area contributed by atoms with Crippen LogP contribution in [0.5, 0.6) is 0 Å². The second-order valence-corrected chi connectivity index (χ2v) is 6.65. The lowest BCUT2D eigenvalue weighted by molar-refractivity contribution is 0.579. The molecule has 136 valence electrons. The van der Waals surface area contributed by atoms with E-state index in [0.29, 0.717) is 23.6 Å². The Bertz CT molecular complexity index is 1090. The first-order valence-corrected chi connectivity index (χ1v) is 9.08. The summed E-state index contributed by atoms with van der Waals surface area (Å²) in [4.78, 5) is 9.28. The Morgan fingerprint density at radius 1 is 1.00 bits per heavy atom. The highest BCUT2D eigenvalue weighted by Crippen LogP contribution is 2.27. The lowest BCUT2D eigenvalue weighted by Gasteiger charge is -2.14. The Kier molecular flexibility index (Phi) is 4.54. The van der Waals surface area contributed by atoms with Crippen molar-refractivity contribution in [3.05, 3.63) is 54.1 Å². The molecule has 0 fully saturated rings. The minimum absolute atomic E-state index is 0.293. The smallest absolute Gasteiger partial charge is 0.286 e. The molecule has 0 saturated heterocycles. The summed E-state index contributed by atoms with van der Waals surface area (Å²) in [6.07, 6.45) is 0.992. The monoisotopic (exact) mass is 359 g/mol. The normalized spacial score (nSPS) is 12.3. The largest absolute Gasteiger partial charge is 0.413 e. The minimum Gasteiger partial charge on any atom is -0.413 e. The lowest BCUT2D eigenvalue weighted by Crippen LogP contribution is -2.15. The maximum Gasteiger partial charge on any atom is 0.286 e. The zero-order valence-corrected chi connectivity index (χ0v) is 15.6. The highest BCUT2D eigenvalue weighted by atomic mass is 16.4. The van der Waals surface area contributed by atoms with Gasteiger partial charge < -0.3 is 9.73 Å². The number of aromatic nitrogens is 4. The van der Waals surface area contributed by atoms with E-state index in [2.05, 4.69) is 39.3 Å². The SMILES string of the molecule is CCC(C)Nc1nc(-c2nnc(-c3cccc(C)c3)o2)nc2ccccc12. The Hall–Kier alpha value is -3.28. The first-order chi connectivity index (χ1) is 13.1. The predicted octanol–water partition coefficient (Wildman–Crippen LogP) is 4.87. The van der Waals surface area contributed by atoms with E-state index in [4.69, 9.17) is 4.42 Å². The molecular formula is C21H21N5O. The van der Waals surface area contributed by atoms with E-state index in [1.165, 1.54) is 0 Å². The van der Waals surface area contributed by atoms with Crippen molar-refractivity contribution in [2.24, 2.45) is 0 Å². The molecule has 0 saturated carbocycles. The molecule has 0 spiro atoms. The average Bonchev–Trinajstić information content (AvgIpc) is 3.18. The van der Waals surface area contributed by atoms with E-state index in [9.17, 15) is 0 Å². The summed E-state index contributed by atoms with van der Waals surface area (Å²) in [5, 5.41) is 12.8. The van der Waals surface area contributed by atoms with Gasteiger partial charge in [-0.1, -0.05) is 36.8 Å². The fourth-order valence-corrected chi connectivity index (χ4v) is 2.83. The fourth-order valence-electron chi connectivity index (χ4n) is 2.83. The van der Waals surface area contributed by atoms with Crippen molar-refractivity contribution in [1.82, 2.24) is 20.2 Å². The predicted molar refractivity (Wildman–Crippen MR) is 106 cm³/mol. The van der Waals surface area contributed by atoms with E-state index >= 15 is 0 Å². The van der Waals surface area contributed by atoms with Crippen LogP contribution < -0.4 is 5.32 Å². The summed E-state index contributed by atoms with van der Waals surface area (Å²) in [6.45, 7) is 6.28. The third kappa shape index (κ3) is 3.51. The maximum absolute atomic E-state index is 5.87. The Labute approximate surface area is 157 Å². The van der Waals surface area contributed by atoms with Crippen molar-refractivity contribution in [3.63, 3.8) is 0 Å². The van der Waals surface area contributed by atoms with Crippen LogP contribution >= 0.6 is 0 Å². The van der Waals surface area contributed by atoms with Gasteiger partial charge in [-0.25, -0.2) is 9.97 Å². The molecule has 1 unspecified atom stereocenters. The van der Waals surface area contributed by atoms with Crippen molar-refractivity contribution in [2.75, 3.05) is 5.32 Å². The minimum atomic E-state index is 0.293. The first-order valence-electron chi connectivity index (χ1n) is 9.08. The molecule has 2 aromatic carbocycles.